The zero-order valence-corrected chi connectivity index (χ0v) is 20.5. The Kier molecular flexibility index (Phi) is 7.80. The highest BCUT2D eigenvalue weighted by molar-refractivity contribution is 8.00. The first-order valence-electron chi connectivity index (χ1n) is 12.2. The molecule has 0 aromatic heterocycles. The maximum absolute atomic E-state index is 13.6. The molecule has 4 rings (SSSR count). The monoisotopic (exact) mass is 451 g/mol. The van der Waals surface area contributed by atoms with Crippen molar-refractivity contribution < 1.29 is 4.79 Å². The topological polar surface area (TPSA) is 35.6 Å². The van der Waals surface area contributed by atoms with E-state index in [1.807, 2.05) is 30.1 Å². The fourth-order valence-electron chi connectivity index (χ4n) is 5.17. The molecule has 5 heteroatoms. The zero-order chi connectivity index (χ0) is 22.5. The van der Waals surface area contributed by atoms with Gasteiger partial charge in [0.05, 0.1) is 5.69 Å². The number of thioether (sulfide) groups is 1. The van der Waals surface area contributed by atoms with Gasteiger partial charge in [-0.05, 0) is 75.9 Å². The van der Waals surface area contributed by atoms with E-state index in [1.165, 1.54) is 37.1 Å². The van der Waals surface area contributed by atoms with Gasteiger partial charge in [-0.15, -0.1) is 11.8 Å². The molecule has 1 unspecified atom stereocenters. The number of fused-ring (bicyclic) bond motifs is 1. The van der Waals surface area contributed by atoms with Gasteiger partial charge in [-0.25, -0.2) is 0 Å². The predicted molar refractivity (Wildman–Crippen MR) is 137 cm³/mol. The molecule has 3 atom stereocenters. The van der Waals surface area contributed by atoms with Crippen LogP contribution >= 0.6 is 11.8 Å². The Morgan fingerprint density at radius 3 is 2.50 bits per heavy atom. The van der Waals surface area contributed by atoms with Crippen LogP contribution in [0.5, 0.6) is 0 Å². The number of anilines is 2. The molecule has 0 spiro atoms. The fraction of sp³-hybridized carbons (Fsp3) is 0.519. The summed E-state index contributed by atoms with van der Waals surface area (Å²) in [5.74, 6) is 0.209. The minimum atomic E-state index is -0.187. The second kappa shape index (κ2) is 10.8. The Morgan fingerprint density at radius 1 is 0.969 bits per heavy atom. The average Bonchev–Trinajstić information content (AvgIpc) is 2.81. The number of carbonyl (C=O) groups is 1. The second-order valence-corrected chi connectivity index (χ2v) is 10.4. The fourth-order valence-corrected chi connectivity index (χ4v) is 6.39. The number of rotatable bonds is 8. The Morgan fingerprint density at radius 2 is 1.72 bits per heavy atom. The number of benzene rings is 2. The lowest BCUT2D eigenvalue weighted by atomic mass is 9.97. The van der Waals surface area contributed by atoms with E-state index in [1.54, 1.807) is 11.8 Å². The molecule has 4 nitrogen and oxygen atoms in total. The number of nitrogens with zero attached hydrogens (tertiary/aromatic N) is 2. The molecule has 0 radical (unpaired) electrons. The Balaban J connectivity index is 1.40. The lowest BCUT2D eigenvalue weighted by Gasteiger charge is -2.39. The zero-order valence-electron chi connectivity index (χ0n) is 19.7. The summed E-state index contributed by atoms with van der Waals surface area (Å²) in [6, 6.07) is 18.0. The molecule has 2 aromatic rings. The van der Waals surface area contributed by atoms with E-state index in [4.69, 9.17) is 0 Å². The van der Waals surface area contributed by atoms with Gasteiger partial charge in [0, 0.05) is 36.3 Å². The molecule has 172 valence electrons. The van der Waals surface area contributed by atoms with Crippen molar-refractivity contribution in [2.24, 2.45) is 0 Å². The van der Waals surface area contributed by atoms with Crippen molar-refractivity contribution in [3.63, 3.8) is 0 Å². The van der Waals surface area contributed by atoms with Crippen molar-refractivity contribution in [2.45, 2.75) is 74.6 Å². The third-order valence-corrected chi connectivity index (χ3v) is 8.35. The van der Waals surface area contributed by atoms with Crippen LogP contribution in [0.1, 0.15) is 63.2 Å². The first-order chi connectivity index (χ1) is 15.6. The van der Waals surface area contributed by atoms with E-state index < -0.39 is 0 Å². The normalized spacial score (nSPS) is 23.8. The predicted octanol–water partition coefficient (Wildman–Crippen LogP) is 6.34. The van der Waals surface area contributed by atoms with Crippen LogP contribution in [0.15, 0.2) is 53.4 Å². The highest BCUT2D eigenvalue weighted by Crippen LogP contribution is 2.46. The molecular formula is C27H37N3OS. The van der Waals surface area contributed by atoms with Gasteiger partial charge in [-0.2, -0.15) is 0 Å². The van der Waals surface area contributed by atoms with Crippen LogP contribution in [0.4, 0.5) is 11.4 Å². The number of hydrogen-bond acceptors (Lipinski definition) is 4. The SMILES string of the molecule is CNc1cccc(C2Sc3ccccc3N(CCCCCN3[C@H](C)CCC[C@@H]3C)C2=O)c1. The lowest BCUT2D eigenvalue weighted by Crippen LogP contribution is -2.44. The van der Waals surface area contributed by atoms with Gasteiger partial charge in [0.25, 0.3) is 0 Å². The number of unbranched alkanes of at least 4 members (excludes halogenated alkanes) is 2. The van der Waals surface area contributed by atoms with E-state index in [9.17, 15) is 4.79 Å². The first-order valence-corrected chi connectivity index (χ1v) is 13.1. The van der Waals surface area contributed by atoms with Crippen LogP contribution in [-0.4, -0.2) is 43.0 Å². The first kappa shape index (κ1) is 23.2. The largest absolute Gasteiger partial charge is 0.388 e. The summed E-state index contributed by atoms with van der Waals surface area (Å²) in [6.45, 7) is 6.73. The van der Waals surface area contributed by atoms with E-state index in [0.717, 1.165) is 36.3 Å². The second-order valence-electron chi connectivity index (χ2n) is 9.26. The number of piperidine rings is 1. The van der Waals surface area contributed by atoms with Crippen molar-refractivity contribution in [3.8, 4) is 0 Å². The maximum atomic E-state index is 13.6. The van der Waals surface area contributed by atoms with Gasteiger partial charge >= 0.3 is 0 Å². The molecule has 0 bridgehead atoms. The van der Waals surface area contributed by atoms with Gasteiger partial charge in [0.15, 0.2) is 0 Å². The quantitative estimate of drug-likeness (QED) is 0.475. The van der Waals surface area contributed by atoms with Gasteiger partial charge in [-0.3, -0.25) is 9.69 Å². The van der Waals surface area contributed by atoms with Crippen molar-refractivity contribution in [1.82, 2.24) is 4.90 Å². The van der Waals surface area contributed by atoms with Crippen molar-refractivity contribution >= 4 is 29.0 Å². The van der Waals surface area contributed by atoms with Crippen LogP contribution in [0.25, 0.3) is 0 Å². The summed E-state index contributed by atoms with van der Waals surface area (Å²) in [5, 5.41) is 3.01. The van der Waals surface area contributed by atoms with Crippen molar-refractivity contribution in [3.05, 3.63) is 54.1 Å². The number of carbonyl (C=O) groups excluding carboxylic acids is 1. The summed E-state index contributed by atoms with van der Waals surface area (Å²) in [4.78, 5) is 19.5. The van der Waals surface area contributed by atoms with E-state index >= 15 is 0 Å². The molecule has 0 aliphatic carbocycles. The Bertz CT molecular complexity index is 907. The Hall–Kier alpha value is -1.98. The summed E-state index contributed by atoms with van der Waals surface area (Å²) < 4.78 is 0. The molecule has 2 aromatic carbocycles. The van der Waals surface area contributed by atoms with E-state index in [2.05, 4.69) is 54.4 Å². The van der Waals surface area contributed by atoms with Crippen LogP contribution in [0.3, 0.4) is 0 Å². The molecule has 2 aliphatic rings. The molecule has 2 aliphatic heterocycles. The molecule has 1 saturated heterocycles. The summed E-state index contributed by atoms with van der Waals surface area (Å²) in [7, 11) is 1.92. The third-order valence-electron chi connectivity index (χ3n) is 7.04. The minimum absolute atomic E-state index is 0.187. The van der Waals surface area contributed by atoms with Crippen molar-refractivity contribution in [2.75, 3.05) is 30.4 Å². The summed E-state index contributed by atoms with van der Waals surface area (Å²) >= 11 is 1.68. The average molecular weight is 452 g/mol. The van der Waals surface area contributed by atoms with Gasteiger partial charge in [-0.1, -0.05) is 37.1 Å². The van der Waals surface area contributed by atoms with E-state index in [-0.39, 0.29) is 11.2 Å². The lowest BCUT2D eigenvalue weighted by molar-refractivity contribution is -0.118. The summed E-state index contributed by atoms with van der Waals surface area (Å²) in [5.41, 5.74) is 3.18. The molecule has 1 fully saturated rings. The molecular weight excluding hydrogens is 414 g/mol. The van der Waals surface area contributed by atoms with Gasteiger partial charge < -0.3 is 10.2 Å². The van der Waals surface area contributed by atoms with E-state index in [0.29, 0.717) is 12.1 Å². The molecule has 0 saturated carbocycles. The van der Waals surface area contributed by atoms with Gasteiger partial charge in [0.2, 0.25) is 5.91 Å². The molecule has 1 N–H and O–H groups in total. The number of likely N-dealkylation sites (tertiary alicyclic amines) is 1. The highest BCUT2D eigenvalue weighted by atomic mass is 32.2. The number of nitrogens with one attached hydrogen (secondary N) is 1. The van der Waals surface area contributed by atoms with Crippen molar-refractivity contribution in [1.29, 1.82) is 0 Å². The van der Waals surface area contributed by atoms with Gasteiger partial charge in [0.1, 0.15) is 5.25 Å². The number of amides is 1. The standard InChI is InChI=1S/C27H37N3OS/c1-20-11-9-12-21(2)29(20)17-7-4-8-18-30-24-15-5-6-16-25(24)32-26(27(30)31)22-13-10-14-23(19-22)28-3/h5-6,10,13-16,19-21,26,28H,4,7-9,11-12,17-18H2,1-3H3/t20-,21+,26?. The highest BCUT2D eigenvalue weighted by Gasteiger charge is 2.34. The van der Waals surface area contributed by atoms with Crippen LogP contribution in [-0.2, 0) is 4.79 Å². The van der Waals surface area contributed by atoms with Crippen LogP contribution in [0.2, 0.25) is 0 Å². The summed E-state index contributed by atoms with van der Waals surface area (Å²) in [6.07, 6.45) is 7.44. The molecule has 1 amide bonds. The minimum Gasteiger partial charge on any atom is -0.388 e. The molecule has 2 heterocycles. The number of hydrogen-bond donors (Lipinski definition) is 1. The third kappa shape index (κ3) is 5.15. The smallest absolute Gasteiger partial charge is 0.245 e. The molecule has 32 heavy (non-hydrogen) atoms. The maximum Gasteiger partial charge on any atom is 0.245 e. The van der Waals surface area contributed by atoms with Crippen LogP contribution in [0, 0.1) is 0 Å². The number of para-hydroxylation sites is 1. The Labute approximate surface area is 197 Å². The van der Waals surface area contributed by atoms with Crippen LogP contribution < -0.4 is 10.2 Å².